The fraction of sp³-hybridized carbons (Fsp3) is 1.00. The molecule has 1 saturated heterocycles. The zero-order chi connectivity index (χ0) is 7.45. The number of rotatable bonds is 3. The van der Waals surface area contributed by atoms with E-state index in [-0.39, 0.29) is 7.26 Å². The van der Waals surface area contributed by atoms with Gasteiger partial charge in [-0.2, -0.15) is 0 Å². The molecule has 0 amide bonds. The summed E-state index contributed by atoms with van der Waals surface area (Å²) in [7, 11) is -0.328. The van der Waals surface area contributed by atoms with Crippen molar-refractivity contribution in [2.24, 2.45) is 0 Å². The Labute approximate surface area is 65.7 Å². The summed E-state index contributed by atoms with van der Waals surface area (Å²) in [5, 5.41) is 0. The van der Waals surface area contributed by atoms with Gasteiger partial charge in [-0.05, 0) is 26.2 Å². The molecule has 1 fully saturated rings. The normalized spacial score (nSPS) is 23.4. The highest BCUT2D eigenvalue weighted by Crippen LogP contribution is 2.63. The van der Waals surface area contributed by atoms with E-state index in [9.17, 15) is 0 Å². The van der Waals surface area contributed by atoms with E-state index in [1.54, 1.807) is 31.3 Å². The fourth-order valence-corrected chi connectivity index (χ4v) is 6.54. The maximum Gasteiger partial charge on any atom is 0.0595 e. The van der Waals surface area contributed by atoms with Crippen LogP contribution in [0.4, 0.5) is 0 Å². The Morgan fingerprint density at radius 3 is 2.10 bits per heavy atom. The van der Waals surface area contributed by atoms with Crippen molar-refractivity contribution in [3.8, 4) is 0 Å². The molecule has 0 aromatic carbocycles. The van der Waals surface area contributed by atoms with Crippen LogP contribution in [0.15, 0.2) is 0 Å². The van der Waals surface area contributed by atoms with Gasteiger partial charge in [0.2, 0.25) is 0 Å². The Hall–Kier alpha value is 0.430. The van der Waals surface area contributed by atoms with Crippen LogP contribution in [0.25, 0.3) is 0 Å². The second-order valence-electron chi connectivity index (χ2n) is 3.54. The van der Waals surface area contributed by atoms with Gasteiger partial charge in [-0.25, -0.2) is 0 Å². The molecule has 0 aliphatic carbocycles. The van der Waals surface area contributed by atoms with Crippen molar-refractivity contribution in [3.05, 3.63) is 0 Å². The van der Waals surface area contributed by atoms with E-state index in [1.807, 2.05) is 0 Å². The van der Waals surface area contributed by atoms with Gasteiger partial charge in [-0.3, -0.25) is 0 Å². The average Bonchev–Trinajstić information content (AvgIpc) is 2.39. The second kappa shape index (κ2) is 3.72. The predicted molar refractivity (Wildman–Crippen MR) is 51.6 cm³/mol. The van der Waals surface area contributed by atoms with Crippen molar-refractivity contribution in [2.45, 2.75) is 33.1 Å². The molecule has 0 nitrogen and oxygen atoms in total. The highest BCUT2D eigenvalue weighted by Gasteiger charge is 2.37. The molecule has 0 atom stereocenters. The molecular formula is C9H20P+. The molecule has 0 spiro atoms. The third-order valence-electron chi connectivity index (χ3n) is 2.88. The highest BCUT2D eigenvalue weighted by molar-refractivity contribution is 7.76. The van der Waals surface area contributed by atoms with Gasteiger partial charge in [-0.1, -0.05) is 6.92 Å². The zero-order valence-electron chi connectivity index (χ0n) is 7.40. The zero-order valence-corrected chi connectivity index (χ0v) is 8.29. The molecule has 60 valence electrons. The summed E-state index contributed by atoms with van der Waals surface area (Å²) in [5.74, 6) is 0. The van der Waals surface area contributed by atoms with Crippen LogP contribution in [0.1, 0.15) is 33.1 Å². The minimum Gasteiger partial charge on any atom is -0.0619 e. The van der Waals surface area contributed by atoms with E-state index in [2.05, 4.69) is 13.8 Å². The topological polar surface area (TPSA) is 0 Å². The van der Waals surface area contributed by atoms with Gasteiger partial charge in [0.25, 0.3) is 0 Å². The van der Waals surface area contributed by atoms with Crippen LogP contribution in [0.3, 0.4) is 0 Å². The van der Waals surface area contributed by atoms with Gasteiger partial charge in [0.1, 0.15) is 0 Å². The lowest BCUT2D eigenvalue weighted by atomic mass is 10.4. The minimum absolute atomic E-state index is 0.328. The van der Waals surface area contributed by atoms with E-state index in [4.69, 9.17) is 0 Å². The van der Waals surface area contributed by atoms with E-state index < -0.39 is 0 Å². The van der Waals surface area contributed by atoms with E-state index >= 15 is 0 Å². The number of hydrogen-bond donors (Lipinski definition) is 0. The van der Waals surface area contributed by atoms with Crippen LogP contribution in [-0.4, -0.2) is 24.6 Å². The molecule has 0 unspecified atom stereocenters. The maximum atomic E-state index is 2.41. The SMILES string of the molecule is CCC[P+]1(CC)CCCC1. The summed E-state index contributed by atoms with van der Waals surface area (Å²) >= 11 is 0. The van der Waals surface area contributed by atoms with E-state index in [0.717, 1.165) is 0 Å². The van der Waals surface area contributed by atoms with Crippen molar-refractivity contribution in [3.63, 3.8) is 0 Å². The summed E-state index contributed by atoms with van der Waals surface area (Å²) in [4.78, 5) is 0. The first-order chi connectivity index (χ1) is 4.83. The van der Waals surface area contributed by atoms with Gasteiger partial charge < -0.3 is 0 Å². The fourth-order valence-electron chi connectivity index (χ4n) is 2.18. The standard InChI is InChI=1S/C9H20P/c1-3-7-10(4-2)8-5-6-9-10/h3-9H2,1-2H3/q+1. The van der Waals surface area contributed by atoms with Gasteiger partial charge in [0, 0.05) is 7.26 Å². The summed E-state index contributed by atoms with van der Waals surface area (Å²) in [5.41, 5.74) is 0. The number of hydrogen-bond acceptors (Lipinski definition) is 0. The maximum absolute atomic E-state index is 2.41. The van der Waals surface area contributed by atoms with Crippen molar-refractivity contribution in [1.82, 2.24) is 0 Å². The Morgan fingerprint density at radius 1 is 1.10 bits per heavy atom. The lowest BCUT2D eigenvalue weighted by molar-refractivity contribution is 0.949. The van der Waals surface area contributed by atoms with Crippen LogP contribution in [-0.2, 0) is 0 Å². The Bertz CT molecular complexity index is 92.9. The van der Waals surface area contributed by atoms with E-state index in [0.29, 0.717) is 0 Å². The first-order valence-corrected chi connectivity index (χ1v) is 7.21. The van der Waals surface area contributed by atoms with Gasteiger partial charge in [0.15, 0.2) is 0 Å². The highest BCUT2D eigenvalue weighted by atomic mass is 31.2. The second-order valence-corrected chi connectivity index (χ2v) is 8.19. The Balaban J connectivity index is 2.41. The molecule has 0 saturated carbocycles. The Morgan fingerprint density at radius 2 is 1.70 bits per heavy atom. The van der Waals surface area contributed by atoms with Crippen LogP contribution in [0.5, 0.6) is 0 Å². The van der Waals surface area contributed by atoms with Crippen molar-refractivity contribution in [1.29, 1.82) is 0 Å². The monoisotopic (exact) mass is 159 g/mol. The van der Waals surface area contributed by atoms with Crippen LogP contribution >= 0.6 is 7.26 Å². The van der Waals surface area contributed by atoms with Gasteiger partial charge >= 0.3 is 0 Å². The molecule has 10 heavy (non-hydrogen) atoms. The molecule has 1 heterocycles. The first-order valence-electron chi connectivity index (χ1n) is 4.68. The van der Waals surface area contributed by atoms with Crippen LogP contribution in [0.2, 0.25) is 0 Å². The molecule has 1 rings (SSSR count). The lowest BCUT2D eigenvalue weighted by Crippen LogP contribution is -2.02. The summed E-state index contributed by atoms with van der Waals surface area (Å²) < 4.78 is 0. The van der Waals surface area contributed by atoms with Crippen molar-refractivity contribution >= 4 is 7.26 Å². The Kier molecular flexibility index (Phi) is 3.17. The molecule has 1 aliphatic heterocycles. The summed E-state index contributed by atoms with van der Waals surface area (Å²) in [6.45, 7) is 4.75. The molecule has 0 N–H and O–H groups in total. The van der Waals surface area contributed by atoms with Crippen molar-refractivity contribution < 1.29 is 0 Å². The van der Waals surface area contributed by atoms with E-state index in [1.165, 1.54) is 12.6 Å². The molecule has 1 aliphatic rings. The largest absolute Gasteiger partial charge is 0.0619 e. The van der Waals surface area contributed by atoms with Crippen LogP contribution < -0.4 is 0 Å². The molecule has 0 aromatic rings. The lowest BCUT2D eigenvalue weighted by Gasteiger charge is -2.19. The van der Waals surface area contributed by atoms with Crippen LogP contribution in [0, 0.1) is 0 Å². The third kappa shape index (κ3) is 1.72. The smallest absolute Gasteiger partial charge is 0.0595 e. The van der Waals surface area contributed by atoms with Gasteiger partial charge in [-0.15, -0.1) is 0 Å². The molecule has 0 radical (unpaired) electrons. The predicted octanol–water partition coefficient (Wildman–Crippen LogP) is 3.23. The summed E-state index contributed by atoms with van der Waals surface area (Å²) in [6.07, 6.45) is 10.9. The third-order valence-corrected chi connectivity index (χ3v) is 8.15. The molecule has 1 heteroatoms. The van der Waals surface area contributed by atoms with Gasteiger partial charge in [0.05, 0.1) is 24.6 Å². The van der Waals surface area contributed by atoms with Crippen molar-refractivity contribution in [2.75, 3.05) is 24.6 Å². The summed E-state index contributed by atoms with van der Waals surface area (Å²) in [6, 6.07) is 0. The average molecular weight is 159 g/mol. The first kappa shape index (κ1) is 8.53. The quantitative estimate of drug-likeness (QED) is 0.554. The molecule has 0 bridgehead atoms. The molecular weight excluding hydrogens is 139 g/mol. The minimum atomic E-state index is -0.328. The molecule has 0 aromatic heterocycles.